The van der Waals surface area contributed by atoms with Crippen LogP contribution in [0.1, 0.15) is 41.9 Å². The summed E-state index contributed by atoms with van der Waals surface area (Å²) >= 11 is 6.02. The number of carbonyl (C=O) groups excluding carboxylic acids is 1. The minimum Gasteiger partial charge on any atom is -0.365 e. The van der Waals surface area contributed by atoms with Crippen molar-refractivity contribution in [3.63, 3.8) is 0 Å². The average Bonchev–Trinajstić information content (AvgIpc) is 2.82. The first-order valence-electron chi connectivity index (χ1n) is 7.19. The van der Waals surface area contributed by atoms with E-state index in [0.717, 1.165) is 19.3 Å². The van der Waals surface area contributed by atoms with Crippen LogP contribution < -0.4 is 5.32 Å². The van der Waals surface area contributed by atoms with Crippen molar-refractivity contribution in [2.45, 2.75) is 44.7 Å². The molecule has 1 N–H and O–H groups in total. The van der Waals surface area contributed by atoms with Crippen LogP contribution in [0.25, 0.3) is 0 Å². The van der Waals surface area contributed by atoms with E-state index in [1.165, 1.54) is 25.8 Å². The molecule has 2 saturated heterocycles. The SMILES string of the molecule is Cc1nc(Cl)c(C=O)c(NC2CCN3CCCCC23)n1. The Balaban J connectivity index is 1.82. The number of piperidine rings is 1. The van der Waals surface area contributed by atoms with Crippen LogP contribution in [0, 0.1) is 6.92 Å². The van der Waals surface area contributed by atoms with E-state index < -0.39 is 0 Å². The largest absolute Gasteiger partial charge is 0.365 e. The van der Waals surface area contributed by atoms with Crippen LogP contribution in [0.3, 0.4) is 0 Å². The molecule has 3 heterocycles. The minimum absolute atomic E-state index is 0.230. The molecule has 0 aliphatic carbocycles. The smallest absolute Gasteiger partial charge is 0.156 e. The van der Waals surface area contributed by atoms with Crippen LogP contribution in [-0.4, -0.2) is 46.3 Å². The Kier molecular flexibility index (Phi) is 3.89. The summed E-state index contributed by atoms with van der Waals surface area (Å²) in [7, 11) is 0. The van der Waals surface area contributed by atoms with Crippen molar-refractivity contribution in [1.29, 1.82) is 0 Å². The van der Waals surface area contributed by atoms with E-state index in [1.54, 1.807) is 6.92 Å². The van der Waals surface area contributed by atoms with E-state index in [-0.39, 0.29) is 5.15 Å². The summed E-state index contributed by atoms with van der Waals surface area (Å²) in [5.74, 6) is 1.16. The molecule has 2 aliphatic rings. The van der Waals surface area contributed by atoms with Gasteiger partial charge in [0.1, 0.15) is 16.8 Å². The highest BCUT2D eigenvalue weighted by Gasteiger charge is 2.36. The third-order valence-electron chi connectivity index (χ3n) is 4.31. The highest BCUT2D eigenvalue weighted by atomic mass is 35.5. The number of anilines is 1. The van der Waals surface area contributed by atoms with E-state index in [1.807, 2.05) is 0 Å². The second kappa shape index (κ2) is 5.66. The molecule has 3 rings (SSSR count). The second-order valence-electron chi connectivity index (χ2n) is 5.58. The Morgan fingerprint density at radius 2 is 2.15 bits per heavy atom. The Bertz CT molecular complexity index is 522. The number of fused-ring (bicyclic) bond motifs is 1. The van der Waals surface area contributed by atoms with Gasteiger partial charge in [-0.1, -0.05) is 18.0 Å². The molecule has 5 nitrogen and oxygen atoms in total. The van der Waals surface area contributed by atoms with Crippen molar-refractivity contribution in [2.24, 2.45) is 0 Å². The fourth-order valence-electron chi connectivity index (χ4n) is 3.35. The third kappa shape index (κ3) is 2.52. The van der Waals surface area contributed by atoms with Gasteiger partial charge in [0.15, 0.2) is 6.29 Å². The topological polar surface area (TPSA) is 58.1 Å². The maximum absolute atomic E-state index is 11.2. The number of rotatable bonds is 3. The van der Waals surface area contributed by atoms with E-state index in [0.29, 0.717) is 29.3 Å². The number of hydrogen-bond acceptors (Lipinski definition) is 5. The van der Waals surface area contributed by atoms with Gasteiger partial charge in [0.05, 0.1) is 5.56 Å². The quantitative estimate of drug-likeness (QED) is 0.685. The Hall–Kier alpha value is -1.20. The average molecular weight is 295 g/mol. The van der Waals surface area contributed by atoms with Crippen LogP contribution >= 0.6 is 11.6 Å². The van der Waals surface area contributed by atoms with Gasteiger partial charge in [-0.25, -0.2) is 9.97 Å². The fraction of sp³-hybridized carbons (Fsp3) is 0.643. The predicted molar refractivity (Wildman–Crippen MR) is 78.4 cm³/mol. The van der Waals surface area contributed by atoms with Crippen molar-refractivity contribution in [3.05, 3.63) is 16.5 Å². The van der Waals surface area contributed by atoms with Gasteiger partial charge in [0.25, 0.3) is 0 Å². The van der Waals surface area contributed by atoms with E-state index in [2.05, 4.69) is 20.2 Å². The maximum Gasteiger partial charge on any atom is 0.156 e. The summed E-state index contributed by atoms with van der Waals surface area (Å²) in [6.07, 6.45) is 5.61. The monoisotopic (exact) mass is 294 g/mol. The number of carbonyl (C=O) groups is 1. The van der Waals surface area contributed by atoms with Crippen molar-refractivity contribution >= 4 is 23.7 Å². The van der Waals surface area contributed by atoms with Crippen LogP contribution in [0.5, 0.6) is 0 Å². The molecular weight excluding hydrogens is 276 g/mol. The number of halogens is 1. The maximum atomic E-state index is 11.2. The first kappa shape index (κ1) is 13.8. The van der Waals surface area contributed by atoms with Gasteiger partial charge in [-0.05, 0) is 32.7 Å². The lowest BCUT2D eigenvalue weighted by Crippen LogP contribution is -2.42. The van der Waals surface area contributed by atoms with Crippen molar-refractivity contribution < 1.29 is 4.79 Å². The summed E-state index contributed by atoms with van der Waals surface area (Å²) in [5.41, 5.74) is 0.367. The number of nitrogens with one attached hydrogen (secondary N) is 1. The van der Waals surface area contributed by atoms with Crippen LogP contribution in [0.4, 0.5) is 5.82 Å². The van der Waals surface area contributed by atoms with Crippen molar-refractivity contribution in [2.75, 3.05) is 18.4 Å². The molecule has 0 bridgehead atoms. The van der Waals surface area contributed by atoms with Crippen LogP contribution in [0.15, 0.2) is 0 Å². The number of hydrogen-bond donors (Lipinski definition) is 1. The lowest BCUT2D eigenvalue weighted by atomic mass is 9.99. The Labute approximate surface area is 123 Å². The summed E-state index contributed by atoms with van der Waals surface area (Å²) in [4.78, 5) is 22.1. The van der Waals surface area contributed by atoms with Gasteiger partial charge in [0.2, 0.25) is 0 Å². The Morgan fingerprint density at radius 3 is 2.95 bits per heavy atom. The molecule has 0 aromatic carbocycles. The number of aromatic nitrogens is 2. The zero-order chi connectivity index (χ0) is 14.1. The Morgan fingerprint density at radius 1 is 1.30 bits per heavy atom. The molecule has 20 heavy (non-hydrogen) atoms. The molecule has 6 heteroatoms. The van der Waals surface area contributed by atoms with Crippen molar-refractivity contribution in [1.82, 2.24) is 14.9 Å². The third-order valence-corrected chi connectivity index (χ3v) is 4.60. The summed E-state index contributed by atoms with van der Waals surface area (Å²) in [5, 5.41) is 3.66. The zero-order valence-electron chi connectivity index (χ0n) is 11.6. The molecule has 1 aromatic rings. The molecule has 0 spiro atoms. The zero-order valence-corrected chi connectivity index (χ0v) is 12.4. The molecule has 2 aliphatic heterocycles. The predicted octanol–water partition coefficient (Wildman–Crippen LogP) is 2.29. The molecular formula is C14H19ClN4O. The molecule has 2 unspecified atom stereocenters. The first-order valence-corrected chi connectivity index (χ1v) is 7.56. The highest BCUT2D eigenvalue weighted by Crippen LogP contribution is 2.30. The van der Waals surface area contributed by atoms with Crippen LogP contribution in [0.2, 0.25) is 5.15 Å². The van der Waals surface area contributed by atoms with Gasteiger partial charge in [-0.2, -0.15) is 0 Å². The fourth-order valence-corrected chi connectivity index (χ4v) is 3.61. The van der Waals surface area contributed by atoms with Gasteiger partial charge in [0, 0.05) is 18.6 Å². The summed E-state index contributed by atoms with van der Waals surface area (Å²) < 4.78 is 0. The summed E-state index contributed by atoms with van der Waals surface area (Å²) in [6, 6.07) is 0.900. The second-order valence-corrected chi connectivity index (χ2v) is 5.94. The normalized spacial score (nSPS) is 26.3. The van der Waals surface area contributed by atoms with E-state index in [9.17, 15) is 4.79 Å². The van der Waals surface area contributed by atoms with Crippen molar-refractivity contribution in [3.8, 4) is 0 Å². The number of nitrogens with zero attached hydrogens (tertiary/aromatic N) is 3. The number of aryl methyl sites for hydroxylation is 1. The van der Waals surface area contributed by atoms with Crippen LogP contribution in [-0.2, 0) is 0 Å². The minimum atomic E-state index is 0.230. The van der Waals surface area contributed by atoms with Gasteiger partial charge < -0.3 is 5.32 Å². The lowest BCUT2D eigenvalue weighted by molar-refractivity contribution is 0.112. The van der Waals surface area contributed by atoms with Gasteiger partial charge in [-0.3, -0.25) is 9.69 Å². The molecule has 2 fully saturated rings. The lowest BCUT2D eigenvalue weighted by Gasteiger charge is -2.32. The van der Waals surface area contributed by atoms with Gasteiger partial charge in [-0.15, -0.1) is 0 Å². The highest BCUT2D eigenvalue weighted by molar-refractivity contribution is 6.32. The number of aldehydes is 1. The molecule has 0 radical (unpaired) electrons. The van der Waals surface area contributed by atoms with E-state index >= 15 is 0 Å². The molecule has 108 valence electrons. The first-order chi connectivity index (χ1) is 9.69. The molecule has 0 saturated carbocycles. The van der Waals surface area contributed by atoms with Gasteiger partial charge >= 0.3 is 0 Å². The molecule has 2 atom stereocenters. The standard InChI is InChI=1S/C14H19ClN4O/c1-9-16-13(15)10(8-20)14(17-9)18-11-5-7-19-6-3-2-4-12(11)19/h8,11-12H,2-7H2,1H3,(H,16,17,18). The molecule has 0 amide bonds. The molecule has 1 aromatic heterocycles. The van der Waals surface area contributed by atoms with E-state index in [4.69, 9.17) is 11.6 Å². The summed E-state index contributed by atoms with van der Waals surface area (Å²) in [6.45, 7) is 4.09.